The van der Waals surface area contributed by atoms with Crippen LogP contribution in [0.3, 0.4) is 0 Å². The Morgan fingerprint density at radius 1 is 1.21 bits per heavy atom. The summed E-state index contributed by atoms with van der Waals surface area (Å²) < 4.78 is 5.81. The summed E-state index contributed by atoms with van der Waals surface area (Å²) in [5, 5.41) is 0. The first kappa shape index (κ1) is 16.0. The van der Waals surface area contributed by atoms with E-state index in [-0.39, 0.29) is 6.04 Å². The van der Waals surface area contributed by atoms with Crippen molar-refractivity contribution in [2.75, 3.05) is 26.2 Å². The number of rotatable bonds is 9. The maximum atomic E-state index is 5.98. The van der Waals surface area contributed by atoms with Crippen molar-refractivity contribution in [3.63, 3.8) is 0 Å². The highest BCUT2D eigenvalue weighted by Gasteiger charge is 2.03. The van der Waals surface area contributed by atoms with Crippen LogP contribution >= 0.6 is 0 Å². The Bertz CT molecular complexity index is 350. The summed E-state index contributed by atoms with van der Waals surface area (Å²) in [5.74, 6) is 0.952. The third-order valence-electron chi connectivity index (χ3n) is 3.49. The molecular formula is C16H28N2O. The van der Waals surface area contributed by atoms with Gasteiger partial charge in [-0.1, -0.05) is 32.9 Å². The van der Waals surface area contributed by atoms with Crippen LogP contribution in [0, 0.1) is 0 Å². The van der Waals surface area contributed by atoms with Crippen molar-refractivity contribution in [2.24, 2.45) is 5.73 Å². The molecule has 0 heterocycles. The number of nitrogens with two attached hydrogens (primary N) is 1. The first-order chi connectivity index (χ1) is 9.19. The van der Waals surface area contributed by atoms with E-state index >= 15 is 0 Å². The minimum Gasteiger partial charge on any atom is -0.492 e. The average molecular weight is 264 g/mol. The van der Waals surface area contributed by atoms with Gasteiger partial charge in [0.1, 0.15) is 12.4 Å². The highest BCUT2D eigenvalue weighted by atomic mass is 16.5. The Morgan fingerprint density at radius 2 is 1.95 bits per heavy atom. The summed E-state index contributed by atoms with van der Waals surface area (Å²) in [6.45, 7) is 10.3. The fraction of sp³-hybridized carbons (Fsp3) is 0.625. The van der Waals surface area contributed by atoms with Crippen LogP contribution < -0.4 is 10.5 Å². The third-order valence-corrected chi connectivity index (χ3v) is 3.49. The summed E-state index contributed by atoms with van der Waals surface area (Å²) in [4.78, 5) is 2.36. The van der Waals surface area contributed by atoms with Gasteiger partial charge in [-0.3, -0.25) is 0 Å². The van der Waals surface area contributed by atoms with Gasteiger partial charge in [0.15, 0.2) is 0 Å². The van der Waals surface area contributed by atoms with Gasteiger partial charge in [0.2, 0.25) is 0 Å². The number of hydrogen-bond acceptors (Lipinski definition) is 3. The van der Waals surface area contributed by atoms with E-state index < -0.39 is 0 Å². The van der Waals surface area contributed by atoms with E-state index in [4.69, 9.17) is 10.5 Å². The Labute approximate surface area is 117 Å². The molecule has 1 aromatic rings. The Balaban J connectivity index is 2.43. The van der Waals surface area contributed by atoms with E-state index in [0.717, 1.165) is 44.8 Å². The number of ether oxygens (including phenoxy) is 1. The minimum absolute atomic E-state index is 0.242. The smallest absolute Gasteiger partial charge is 0.119 e. The molecule has 1 aromatic carbocycles. The molecule has 19 heavy (non-hydrogen) atoms. The van der Waals surface area contributed by atoms with Crippen LogP contribution in [0.1, 0.15) is 32.8 Å². The molecule has 0 aliphatic rings. The van der Waals surface area contributed by atoms with Crippen LogP contribution in [-0.4, -0.2) is 37.2 Å². The lowest BCUT2D eigenvalue weighted by atomic mass is 10.0. The standard InChI is InChI=1S/C16H28N2O/c1-4-15(17)12-14-8-7-9-16(13-14)19-11-10-18(5-2)6-3/h7-9,13,15H,4-6,10-12,17H2,1-3H3. The SMILES string of the molecule is CCC(N)Cc1cccc(OCCN(CC)CC)c1. The number of likely N-dealkylation sites (N-methyl/N-ethyl adjacent to an activating group) is 1. The Kier molecular flexibility index (Phi) is 7.53. The van der Waals surface area contributed by atoms with Crippen molar-refractivity contribution in [1.29, 1.82) is 0 Å². The fourth-order valence-corrected chi connectivity index (χ4v) is 2.04. The summed E-state index contributed by atoms with van der Waals surface area (Å²) >= 11 is 0. The van der Waals surface area contributed by atoms with Gasteiger partial charge in [0, 0.05) is 12.6 Å². The molecule has 108 valence electrons. The average Bonchev–Trinajstić information content (AvgIpc) is 2.44. The van der Waals surface area contributed by atoms with Gasteiger partial charge in [0.25, 0.3) is 0 Å². The fourth-order valence-electron chi connectivity index (χ4n) is 2.04. The molecule has 0 radical (unpaired) electrons. The van der Waals surface area contributed by atoms with Gasteiger partial charge < -0.3 is 15.4 Å². The van der Waals surface area contributed by atoms with E-state index in [1.807, 2.05) is 12.1 Å². The van der Waals surface area contributed by atoms with Crippen LogP contribution in [0.2, 0.25) is 0 Å². The molecule has 0 spiro atoms. The molecule has 1 unspecified atom stereocenters. The highest BCUT2D eigenvalue weighted by Crippen LogP contribution is 2.15. The summed E-state index contributed by atoms with van der Waals surface area (Å²) in [6.07, 6.45) is 1.93. The number of nitrogens with zero attached hydrogens (tertiary/aromatic N) is 1. The largest absolute Gasteiger partial charge is 0.492 e. The van der Waals surface area contributed by atoms with Gasteiger partial charge in [-0.15, -0.1) is 0 Å². The van der Waals surface area contributed by atoms with E-state index in [9.17, 15) is 0 Å². The zero-order valence-electron chi connectivity index (χ0n) is 12.6. The van der Waals surface area contributed by atoms with E-state index in [0.29, 0.717) is 0 Å². The zero-order chi connectivity index (χ0) is 14.1. The second-order valence-corrected chi connectivity index (χ2v) is 4.90. The van der Waals surface area contributed by atoms with Crippen LogP contribution in [-0.2, 0) is 6.42 Å². The van der Waals surface area contributed by atoms with E-state index in [1.54, 1.807) is 0 Å². The molecular weight excluding hydrogens is 236 g/mol. The Hall–Kier alpha value is -1.06. The molecule has 0 fully saturated rings. The van der Waals surface area contributed by atoms with Crippen LogP contribution in [0.15, 0.2) is 24.3 Å². The van der Waals surface area contributed by atoms with Crippen molar-refractivity contribution in [3.05, 3.63) is 29.8 Å². The number of benzene rings is 1. The summed E-state index contributed by atoms with van der Waals surface area (Å²) in [6, 6.07) is 8.53. The van der Waals surface area contributed by atoms with Gasteiger partial charge in [-0.05, 0) is 43.6 Å². The quantitative estimate of drug-likeness (QED) is 0.745. The second kappa shape index (κ2) is 8.94. The lowest BCUT2D eigenvalue weighted by Gasteiger charge is -2.18. The van der Waals surface area contributed by atoms with Crippen molar-refractivity contribution in [2.45, 2.75) is 39.7 Å². The van der Waals surface area contributed by atoms with Crippen molar-refractivity contribution < 1.29 is 4.74 Å². The number of hydrogen-bond donors (Lipinski definition) is 1. The molecule has 3 heteroatoms. The van der Waals surface area contributed by atoms with Gasteiger partial charge in [-0.25, -0.2) is 0 Å². The monoisotopic (exact) mass is 264 g/mol. The molecule has 0 aromatic heterocycles. The third kappa shape index (κ3) is 6.08. The summed E-state index contributed by atoms with van der Waals surface area (Å²) in [7, 11) is 0. The van der Waals surface area contributed by atoms with E-state index in [1.165, 1.54) is 5.56 Å². The molecule has 0 saturated heterocycles. The topological polar surface area (TPSA) is 38.5 Å². The van der Waals surface area contributed by atoms with Crippen molar-refractivity contribution in [1.82, 2.24) is 4.90 Å². The summed E-state index contributed by atoms with van der Waals surface area (Å²) in [5.41, 5.74) is 7.24. The molecule has 0 bridgehead atoms. The molecule has 0 saturated carbocycles. The molecule has 1 atom stereocenters. The minimum atomic E-state index is 0.242. The van der Waals surface area contributed by atoms with Crippen molar-refractivity contribution in [3.8, 4) is 5.75 Å². The van der Waals surface area contributed by atoms with Crippen LogP contribution in [0.25, 0.3) is 0 Å². The van der Waals surface area contributed by atoms with Crippen LogP contribution in [0.4, 0.5) is 0 Å². The molecule has 3 nitrogen and oxygen atoms in total. The van der Waals surface area contributed by atoms with Gasteiger partial charge in [-0.2, -0.15) is 0 Å². The lowest BCUT2D eigenvalue weighted by Crippen LogP contribution is -2.27. The van der Waals surface area contributed by atoms with Gasteiger partial charge >= 0.3 is 0 Å². The first-order valence-electron chi connectivity index (χ1n) is 7.39. The predicted molar refractivity (Wildman–Crippen MR) is 81.7 cm³/mol. The van der Waals surface area contributed by atoms with Gasteiger partial charge in [0.05, 0.1) is 0 Å². The maximum Gasteiger partial charge on any atom is 0.119 e. The zero-order valence-corrected chi connectivity index (χ0v) is 12.6. The maximum absolute atomic E-state index is 5.98. The molecule has 0 amide bonds. The second-order valence-electron chi connectivity index (χ2n) is 4.90. The van der Waals surface area contributed by atoms with Crippen LogP contribution in [0.5, 0.6) is 5.75 Å². The lowest BCUT2D eigenvalue weighted by molar-refractivity contribution is 0.222. The first-order valence-corrected chi connectivity index (χ1v) is 7.39. The predicted octanol–water partition coefficient (Wildman–Crippen LogP) is 2.69. The normalized spacial score (nSPS) is 12.7. The molecule has 0 aliphatic carbocycles. The van der Waals surface area contributed by atoms with Crippen molar-refractivity contribution >= 4 is 0 Å². The molecule has 1 rings (SSSR count). The Morgan fingerprint density at radius 3 is 2.58 bits per heavy atom. The van der Waals surface area contributed by atoms with E-state index in [2.05, 4.69) is 37.8 Å². The highest BCUT2D eigenvalue weighted by molar-refractivity contribution is 5.29. The molecule has 0 aliphatic heterocycles. The molecule has 2 N–H and O–H groups in total.